The molecule has 1 unspecified atom stereocenters. The second kappa shape index (κ2) is 7.70. The lowest BCUT2D eigenvalue weighted by atomic mass is 10.1. The van der Waals surface area contributed by atoms with E-state index in [0.717, 1.165) is 25.9 Å². The molecule has 9 nitrogen and oxygen atoms in total. The molecule has 0 bridgehead atoms. The van der Waals surface area contributed by atoms with Crippen molar-refractivity contribution >= 4 is 11.8 Å². The quantitative estimate of drug-likeness (QED) is 0.685. The number of aromatic nitrogens is 2. The lowest BCUT2D eigenvalue weighted by Gasteiger charge is -2.22. The monoisotopic (exact) mass is 298 g/mol. The average molecular weight is 298 g/mol. The molecule has 0 aromatic carbocycles. The minimum absolute atomic E-state index is 0.0163. The Morgan fingerprint density at radius 2 is 2.29 bits per heavy atom. The van der Waals surface area contributed by atoms with E-state index in [1.807, 2.05) is 0 Å². The molecule has 1 atom stereocenters. The van der Waals surface area contributed by atoms with Crippen LogP contribution in [0, 0.1) is 0 Å². The van der Waals surface area contributed by atoms with Gasteiger partial charge in [-0.15, -0.1) is 0 Å². The molecule has 1 aliphatic heterocycles. The number of primary amides is 1. The number of rotatable bonds is 7. The molecule has 116 valence electrons. The summed E-state index contributed by atoms with van der Waals surface area (Å²) in [6.07, 6.45) is 3.23. The van der Waals surface area contributed by atoms with Crippen LogP contribution in [0.4, 0.5) is 0 Å². The zero-order valence-corrected chi connectivity index (χ0v) is 11.5. The van der Waals surface area contributed by atoms with E-state index in [4.69, 9.17) is 19.7 Å². The van der Waals surface area contributed by atoms with Gasteiger partial charge in [-0.1, -0.05) is 5.16 Å². The highest BCUT2D eigenvalue weighted by Crippen LogP contribution is 2.12. The Morgan fingerprint density at radius 1 is 1.43 bits per heavy atom. The number of nitrogens with two attached hydrogens (primary N) is 1. The second-order valence-corrected chi connectivity index (χ2v) is 4.66. The molecule has 1 saturated heterocycles. The summed E-state index contributed by atoms with van der Waals surface area (Å²) in [4.78, 5) is 26.0. The zero-order chi connectivity index (χ0) is 15.1. The molecular formula is C12H18N4O5. The first-order valence-corrected chi connectivity index (χ1v) is 6.73. The van der Waals surface area contributed by atoms with Crippen molar-refractivity contribution in [2.45, 2.75) is 31.9 Å². The van der Waals surface area contributed by atoms with Crippen LogP contribution in [0.5, 0.6) is 0 Å². The number of hydrogen-bond acceptors (Lipinski definition) is 7. The van der Waals surface area contributed by atoms with Crippen LogP contribution in [-0.4, -0.2) is 47.9 Å². The molecule has 1 aliphatic rings. The maximum absolute atomic E-state index is 11.5. The van der Waals surface area contributed by atoms with Gasteiger partial charge in [0.05, 0.1) is 19.3 Å². The normalized spacial score (nSPS) is 18.4. The fraction of sp³-hybridized carbons (Fsp3) is 0.667. The first kappa shape index (κ1) is 15.4. The summed E-state index contributed by atoms with van der Waals surface area (Å²) in [5.41, 5.74) is 4.98. The standard InChI is InChI=1S/C12H18N4O5/c13-11(18)12-15-10(21-16-12)5-14-9(17)7-19-6-8-3-1-2-4-20-8/h8H,1-7H2,(H2,13,18)(H,14,17). The van der Waals surface area contributed by atoms with Gasteiger partial charge in [0.1, 0.15) is 6.61 Å². The summed E-state index contributed by atoms with van der Waals surface area (Å²) in [6.45, 7) is 1.10. The van der Waals surface area contributed by atoms with Crippen molar-refractivity contribution in [2.24, 2.45) is 5.73 Å². The molecule has 0 saturated carbocycles. The van der Waals surface area contributed by atoms with Crippen LogP contribution in [-0.2, 0) is 20.8 Å². The Balaban J connectivity index is 1.61. The van der Waals surface area contributed by atoms with Gasteiger partial charge in [0.25, 0.3) is 11.7 Å². The topological polar surface area (TPSA) is 130 Å². The lowest BCUT2D eigenvalue weighted by molar-refractivity contribution is -0.128. The molecule has 0 spiro atoms. The molecule has 21 heavy (non-hydrogen) atoms. The van der Waals surface area contributed by atoms with Crippen molar-refractivity contribution < 1.29 is 23.6 Å². The predicted octanol–water partition coefficient (Wildman–Crippen LogP) is -0.630. The summed E-state index contributed by atoms with van der Waals surface area (Å²) in [5.74, 6) is -1.21. The molecule has 1 fully saturated rings. The van der Waals surface area contributed by atoms with Gasteiger partial charge in [-0.25, -0.2) is 0 Å². The van der Waals surface area contributed by atoms with Crippen LogP contribution in [0.25, 0.3) is 0 Å². The third-order valence-electron chi connectivity index (χ3n) is 2.94. The van der Waals surface area contributed by atoms with Crippen LogP contribution in [0.1, 0.15) is 35.8 Å². The molecule has 1 aromatic rings. The minimum Gasteiger partial charge on any atom is -0.376 e. The molecule has 3 N–H and O–H groups in total. The number of carbonyl (C=O) groups is 2. The van der Waals surface area contributed by atoms with Gasteiger partial charge in [0.2, 0.25) is 11.8 Å². The Bertz CT molecular complexity index is 484. The Hall–Kier alpha value is -2.00. The van der Waals surface area contributed by atoms with Crippen LogP contribution >= 0.6 is 0 Å². The second-order valence-electron chi connectivity index (χ2n) is 4.66. The van der Waals surface area contributed by atoms with Crippen molar-refractivity contribution in [3.05, 3.63) is 11.7 Å². The highest BCUT2D eigenvalue weighted by atomic mass is 16.5. The Kier molecular flexibility index (Phi) is 5.64. The molecule has 2 heterocycles. The van der Waals surface area contributed by atoms with Gasteiger partial charge in [0.15, 0.2) is 0 Å². The number of nitrogens with zero attached hydrogens (tertiary/aromatic N) is 2. The third-order valence-corrected chi connectivity index (χ3v) is 2.94. The third kappa shape index (κ3) is 5.12. The van der Waals surface area contributed by atoms with Crippen LogP contribution in [0.2, 0.25) is 0 Å². The van der Waals surface area contributed by atoms with Gasteiger partial charge in [0, 0.05) is 6.61 Å². The molecule has 0 radical (unpaired) electrons. The van der Waals surface area contributed by atoms with Crippen LogP contribution < -0.4 is 11.1 Å². The number of hydrogen-bond donors (Lipinski definition) is 2. The molecular weight excluding hydrogens is 280 g/mol. The summed E-state index contributed by atoms with van der Waals surface area (Å²) in [5, 5.41) is 5.89. The minimum atomic E-state index is -0.785. The van der Waals surface area contributed by atoms with Crippen LogP contribution in [0.15, 0.2) is 4.52 Å². The number of ether oxygens (including phenoxy) is 2. The van der Waals surface area contributed by atoms with E-state index in [-0.39, 0.29) is 36.9 Å². The summed E-state index contributed by atoms with van der Waals surface area (Å²) >= 11 is 0. The SMILES string of the molecule is NC(=O)c1noc(CNC(=O)COCC2CCCCO2)n1. The molecule has 2 amide bonds. The van der Waals surface area contributed by atoms with Gasteiger partial charge >= 0.3 is 0 Å². The van der Waals surface area contributed by atoms with Crippen molar-refractivity contribution in [2.75, 3.05) is 19.8 Å². The highest BCUT2D eigenvalue weighted by molar-refractivity contribution is 5.88. The van der Waals surface area contributed by atoms with Crippen molar-refractivity contribution in [3.63, 3.8) is 0 Å². The molecule has 9 heteroatoms. The Morgan fingerprint density at radius 3 is 2.95 bits per heavy atom. The van der Waals surface area contributed by atoms with Gasteiger partial charge in [-0.3, -0.25) is 9.59 Å². The average Bonchev–Trinajstić information content (AvgIpc) is 2.95. The number of nitrogens with one attached hydrogen (secondary N) is 1. The first-order valence-electron chi connectivity index (χ1n) is 6.73. The fourth-order valence-corrected chi connectivity index (χ4v) is 1.87. The van der Waals surface area contributed by atoms with E-state index in [2.05, 4.69) is 15.5 Å². The van der Waals surface area contributed by atoms with Crippen molar-refractivity contribution in [1.82, 2.24) is 15.5 Å². The fourth-order valence-electron chi connectivity index (χ4n) is 1.87. The van der Waals surface area contributed by atoms with Crippen LogP contribution in [0.3, 0.4) is 0 Å². The summed E-state index contributed by atoms with van der Waals surface area (Å²) in [7, 11) is 0. The molecule has 0 aliphatic carbocycles. The van der Waals surface area contributed by atoms with Gasteiger partial charge in [-0.2, -0.15) is 4.98 Å². The largest absolute Gasteiger partial charge is 0.376 e. The van der Waals surface area contributed by atoms with E-state index in [1.165, 1.54) is 0 Å². The first-order chi connectivity index (χ1) is 10.1. The molecule has 2 rings (SSSR count). The zero-order valence-electron chi connectivity index (χ0n) is 11.5. The van der Waals surface area contributed by atoms with E-state index < -0.39 is 5.91 Å². The van der Waals surface area contributed by atoms with Gasteiger partial charge in [-0.05, 0) is 19.3 Å². The summed E-state index contributed by atoms with van der Waals surface area (Å²) in [6, 6.07) is 0. The number of carbonyl (C=O) groups excluding carboxylic acids is 2. The van der Waals surface area contributed by atoms with E-state index >= 15 is 0 Å². The smallest absolute Gasteiger partial charge is 0.290 e. The van der Waals surface area contributed by atoms with Crippen molar-refractivity contribution in [1.29, 1.82) is 0 Å². The van der Waals surface area contributed by atoms with E-state index in [9.17, 15) is 9.59 Å². The number of amides is 2. The lowest BCUT2D eigenvalue weighted by Crippen LogP contribution is -2.30. The summed E-state index contributed by atoms with van der Waals surface area (Å²) < 4.78 is 15.5. The predicted molar refractivity (Wildman–Crippen MR) is 69.1 cm³/mol. The Labute approximate surface area is 121 Å². The maximum Gasteiger partial charge on any atom is 0.290 e. The van der Waals surface area contributed by atoms with E-state index in [1.54, 1.807) is 0 Å². The molecule has 1 aromatic heterocycles. The highest BCUT2D eigenvalue weighted by Gasteiger charge is 2.15. The maximum atomic E-state index is 11.5. The van der Waals surface area contributed by atoms with Crippen molar-refractivity contribution in [3.8, 4) is 0 Å². The van der Waals surface area contributed by atoms with E-state index in [0.29, 0.717) is 6.61 Å². The van der Waals surface area contributed by atoms with Gasteiger partial charge < -0.3 is 25.0 Å².